The summed E-state index contributed by atoms with van der Waals surface area (Å²) in [5.41, 5.74) is 8.45. The first-order chi connectivity index (χ1) is 10.4. The summed E-state index contributed by atoms with van der Waals surface area (Å²) in [5.74, 6) is -0.0538. The largest absolute Gasteiger partial charge is 0.497 e. The SMILES string of the molecule is COc1ccc(S(=O)(=O)NNC(=O)c2ccc(N)cc2)cc1. The van der Waals surface area contributed by atoms with E-state index in [-0.39, 0.29) is 10.5 Å². The van der Waals surface area contributed by atoms with Crippen molar-refractivity contribution in [3.8, 4) is 5.75 Å². The van der Waals surface area contributed by atoms with Crippen LogP contribution in [0.15, 0.2) is 53.4 Å². The van der Waals surface area contributed by atoms with Crippen LogP contribution in [0.2, 0.25) is 0 Å². The Morgan fingerprint density at radius 1 is 1.05 bits per heavy atom. The van der Waals surface area contributed by atoms with E-state index >= 15 is 0 Å². The minimum atomic E-state index is -3.86. The maximum atomic E-state index is 12.0. The Labute approximate surface area is 128 Å². The molecule has 0 aromatic heterocycles. The molecular weight excluding hydrogens is 306 g/mol. The Hall–Kier alpha value is -2.58. The van der Waals surface area contributed by atoms with Gasteiger partial charge >= 0.3 is 0 Å². The molecule has 2 aromatic carbocycles. The van der Waals surface area contributed by atoms with Crippen LogP contribution in [-0.2, 0) is 10.0 Å². The molecule has 2 aromatic rings. The lowest BCUT2D eigenvalue weighted by Crippen LogP contribution is -2.41. The lowest BCUT2D eigenvalue weighted by atomic mass is 10.2. The molecule has 0 aliphatic rings. The van der Waals surface area contributed by atoms with Gasteiger partial charge in [-0.2, -0.15) is 0 Å². The molecule has 1 amide bonds. The monoisotopic (exact) mass is 321 g/mol. The third-order valence-electron chi connectivity index (χ3n) is 2.84. The van der Waals surface area contributed by atoms with Crippen molar-refractivity contribution in [2.24, 2.45) is 0 Å². The van der Waals surface area contributed by atoms with Gasteiger partial charge < -0.3 is 10.5 Å². The van der Waals surface area contributed by atoms with E-state index < -0.39 is 15.9 Å². The molecule has 0 heterocycles. The lowest BCUT2D eigenvalue weighted by molar-refractivity contribution is 0.0945. The first-order valence-electron chi connectivity index (χ1n) is 6.24. The Morgan fingerprint density at radius 3 is 2.18 bits per heavy atom. The second-order valence-electron chi connectivity index (χ2n) is 4.36. The van der Waals surface area contributed by atoms with Crippen LogP contribution in [-0.4, -0.2) is 21.4 Å². The fourth-order valence-corrected chi connectivity index (χ4v) is 2.47. The summed E-state index contributed by atoms with van der Waals surface area (Å²) in [6, 6.07) is 11.8. The third kappa shape index (κ3) is 3.74. The summed E-state index contributed by atoms with van der Waals surface area (Å²) in [5, 5.41) is 0. The third-order valence-corrected chi connectivity index (χ3v) is 4.11. The highest BCUT2D eigenvalue weighted by atomic mass is 32.2. The van der Waals surface area contributed by atoms with Gasteiger partial charge in [0.25, 0.3) is 15.9 Å². The minimum absolute atomic E-state index is 0.00547. The molecule has 22 heavy (non-hydrogen) atoms. The predicted molar refractivity (Wildman–Crippen MR) is 81.6 cm³/mol. The second-order valence-corrected chi connectivity index (χ2v) is 6.04. The van der Waals surface area contributed by atoms with E-state index in [9.17, 15) is 13.2 Å². The minimum Gasteiger partial charge on any atom is -0.497 e. The zero-order valence-corrected chi connectivity index (χ0v) is 12.6. The molecule has 0 fully saturated rings. The van der Waals surface area contributed by atoms with E-state index in [1.54, 1.807) is 12.1 Å². The van der Waals surface area contributed by atoms with Gasteiger partial charge in [0.15, 0.2) is 0 Å². The maximum absolute atomic E-state index is 12.0. The summed E-state index contributed by atoms with van der Waals surface area (Å²) in [7, 11) is -2.38. The predicted octanol–water partition coefficient (Wildman–Crippen LogP) is 0.901. The van der Waals surface area contributed by atoms with Crippen molar-refractivity contribution < 1.29 is 17.9 Å². The van der Waals surface area contributed by atoms with Crippen LogP contribution in [0.1, 0.15) is 10.4 Å². The molecule has 0 aliphatic heterocycles. The van der Waals surface area contributed by atoms with Crippen molar-refractivity contribution in [2.45, 2.75) is 4.90 Å². The highest BCUT2D eigenvalue weighted by molar-refractivity contribution is 7.89. The summed E-state index contributed by atoms with van der Waals surface area (Å²) in [6.45, 7) is 0. The molecule has 2 rings (SSSR count). The molecule has 0 spiro atoms. The van der Waals surface area contributed by atoms with Gasteiger partial charge in [-0.15, -0.1) is 4.83 Å². The first kappa shape index (κ1) is 15.8. The molecule has 7 nitrogen and oxygen atoms in total. The molecule has 0 atom stereocenters. The van der Waals surface area contributed by atoms with Crippen LogP contribution >= 0.6 is 0 Å². The van der Waals surface area contributed by atoms with Crippen molar-refractivity contribution in [3.05, 3.63) is 54.1 Å². The maximum Gasteiger partial charge on any atom is 0.266 e. The number of benzene rings is 2. The number of nitrogens with one attached hydrogen (secondary N) is 2. The average molecular weight is 321 g/mol. The molecular formula is C14H15N3O4S. The number of rotatable bonds is 5. The number of amides is 1. The van der Waals surface area contributed by atoms with Crippen molar-refractivity contribution in [1.82, 2.24) is 10.3 Å². The van der Waals surface area contributed by atoms with Crippen LogP contribution in [0.25, 0.3) is 0 Å². The molecule has 0 unspecified atom stereocenters. The van der Waals surface area contributed by atoms with Gasteiger partial charge in [0, 0.05) is 11.3 Å². The number of nitrogens with two attached hydrogens (primary N) is 1. The molecule has 0 bridgehead atoms. The molecule has 0 radical (unpaired) electrons. The lowest BCUT2D eigenvalue weighted by Gasteiger charge is -2.09. The van der Waals surface area contributed by atoms with Crippen LogP contribution in [0.4, 0.5) is 5.69 Å². The highest BCUT2D eigenvalue weighted by Gasteiger charge is 2.15. The number of carbonyl (C=O) groups excluding carboxylic acids is 1. The van der Waals surface area contributed by atoms with Crippen molar-refractivity contribution in [3.63, 3.8) is 0 Å². The highest BCUT2D eigenvalue weighted by Crippen LogP contribution is 2.14. The molecule has 116 valence electrons. The fourth-order valence-electron chi connectivity index (χ4n) is 1.63. The smallest absolute Gasteiger partial charge is 0.266 e. The molecule has 0 saturated carbocycles. The van der Waals surface area contributed by atoms with Crippen LogP contribution in [0.5, 0.6) is 5.75 Å². The Morgan fingerprint density at radius 2 is 1.64 bits per heavy atom. The first-order valence-corrected chi connectivity index (χ1v) is 7.72. The summed E-state index contributed by atoms with van der Waals surface area (Å²) >= 11 is 0. The van der Waals surface area contributed by atoms with E-state index in [4.69, 9.17) is 10.5 Å². The second kappa shape index (κ2) is 6.46. The van der Waals surface area contributed by atoms with E-state index in [0.29, 0.717) is 11.4 Å². The normalized spacial score (nSPS) is 11.0. The average Bonchev–Trinajstić information content (AvgIpc) is 2.53. The van der Waals surface area contributed by atoms with Gasteiger partial charge in [-0.05, 0) is 48.5 Å². The number of hydrogen-bond acceptors (Lipinski definition) is 5. The van der Waals surface area contributed by atoms with Gasteiger partial charge in [0.1, 0.15) is 5.75 Å². The van der Waals surface area contributed by atoms with Crippen LogP contribution in [0, 0.1) is 0 Å². The summed E-state index contributed by atoms with van der Waals surface area (Å²) in [4.78, 5) is 13.9. The van der Waals surface area contributed by atoms with E-state index in [1.807, 2.05) is 4.83 Å². The zero-order chi connectivity index (χ0) is 16.2. The number of anilines is 1. The summed E-state index contributed by atoms with van der Waals surface area (Å²) in [6.07, 6.45) is 0. The van der Waals surface area contributed by atoms with Crippen molar-refractivity contribution in [1.29, 1.82) is 0 Å². The molecule has 4 N–H and O–H groups in total. The number of nitrogen functional groups attached to an aromatic ring is 1. The Bertz CT molecular complexity index is 756. The zero-order valence-electron chi connectivity index (χ0n) is 11.7. The van der Waals surface area contributed by atoms with Crippen molar-refractivity contribution >= 4 is 21.6 Å². The Kier molecular flexibility index (Phi) is 4.64. The van der Waals surface area contributed by atoms with E-state index in [0.717, 1.165) is 0 Å². The molecule has 8 heteroatoms. The van der Waals surface area contributed by atoms with Crippen LogP contribution in [0.3, 0.4) is 0 Å². The number of hydrazine groups is 1. The standard InChI is InChI=1S/C14H15N3O4S/c1-21-12-6-8-13(9-7-12)22(19,20)17-16-14(18)10-2-4-11(15)5-3-10/h2-9,17H,15H2,1H3,(H,16,18). The van der Waals surface area contributed by atoms with Gasteiger partial charge in [0.2, 0.25) is 0 Å². The van der Waals surface area contributed by atoms with E-state index in [2.05, 4.69) is 5.43 Å². The van der Waals surface area contributed by atoms with Gasteiger partial charge in [-0.1, -0.05) is 0 Å². The topological polar surface area (TPSA) is 111 Å². The van der Waals surface area contributed by atoms with Crippen LogP contribution < -0.4 is 20.7 Å². The molecule has 0 saturated heterocycles. The van der Waals surface area contributed by atoms with Gasteiger partial charge in [-0.25, -0.2) is 8.42 Å². The van der Waals surface area contributed by atoms with Gasteiger partial charge in [0.05, 0.1) is 12.0 Å². The number of carbonyl (C=O) groups is 1. The number of sulfonamides is 1. The number of hydrogen-bond donors (Lipinski definition) is 3. The quantitative estimate of drug-likeness (QED) is 0.560. The number of ether oxygens (including phenoxy) is 1. The van der Waals surface area contributed by atoms with Crippen molar-refractivity contribution in [2.75, 3.05) is 12.8 Å². The fraction of sp³-hybridized carbons (Fsp3) is 0.0714. The molecule has 0 aliphatic carbocycles. The van der Waals surface area contributed by atoms with Gasteiger partial charge in [-0.3, -0.25) is 10.2 Å². The summed E-state index contributed by atoms with van der Waals surface area (Å²) < 4.78 is 29.0. The van der Waals surface area contributed by atoms with E-state index in [1.165, 1.54) is 43.5 Å². The number of methoxy groups -OCH3 is 1. The Balaban J connectivity index is 2.05.